The molecule has 1 saturated heterocycles. The van der Waals surface area contributed by atoms with Crippen LogP contribution in [0.2, 0.25) is 0 Å². The summed E-state index contributed by atoms with van der Waals surface area (Å²) >= 11 is 1.27. The maximum Gasteiger partial charge on any atom is 0.301 e. The summed E-state index contributed by atoms with van der Waals surface area (Å²) < 4.78 is 11.3. The number of carbonyl (C=O) groups excluding carboxylic acids is 2. The number of pyridine rings is 1. The SMILES string of the molecule is COc1ccc(C2/C(=C(\O)c3ccncc3)C(=O)C(=O)N2c2nc3ccc(OC)cc3s2)cc1. The predicted molar refractivity (Wildman–Crippen MR) is 128 cm³/mol. The largest absolute Gasteiger partial charge is 0.507 e. The summed E-state index contributed by atoms with van der Waals surface area (Å²) in [6.07, 6.45) is 3.02. The molecule has 2 aromatic heterocycles. The van der Waals surface area contributed by atoms with Crippen molar-refractivity contribution in [1.29, 1.82) is 0 Å². The number of fused-ring (bicyclic) bond motifs is 1. The number of methoxy groups -OCH3 is 2. The Balaban J connectivity index is 1.71. The van der Waals surface area contributed by atoms with Gasteiger partial charge in [-0.15, -0.1) is 0 Å². The molecule has 4 aromatic rings. The van der Waals surface area contributed by atoms with Crippen molar-refractivity contribution >= 4 is 44.1 Å². The van der Waals surface area contributed by atoms with Crippen LogP contribution in [0.1, 0.15) is 17.2 Å². The van der Waals surface area contributed by atoms with Crippen molar-refractivity contribution in [3.8, 4) is 11.5 Å². The summed E-state index contributed by atoms with van der Waals surface area (Å²) in [5, 5.41) is 11.5. The van der Waals surface area contributed by atoms with Gasteiger partial charge in [0.25, 0.3) is 5.78 Å². The normalized spacial score (nSPS) is 17.4. The molecule has 5 rings (SSSR count). The fraction of sp³-hybridized carbons (Fsp3) is 0.120. The van der Waals surface area contributed by atoms with Crippen LogP contribution in [0.3, 0.4) is 0 Å². The molecule has 1 aliphatic rings. The Morgan fingerprint density at radius 2 is 1.65 bits per heavy atom. The van der Waals surface area contributed by atoms with E-state index >= 15 is 0 Å². The van der Waals surface area contributed by atoms with E-state index in [0.717, 1.165) is 4.70 Å². The number of nitrogens with zero attached hydrogens (tertiary/aromatic N) is 3. The molecule has 3 heterocycles. The zero-order chi connectivity index (χ0) is 23.8. The van der Waals surface area contributed by atoms with Gasteiger partial charge >= 0.3 is 5.91 Å². The van der Waals surface area contributed by atoms with Crippen molar-refractivity contribution in [2.45, 2.75) is 6.04 Å². The van der Waals surface area contributed by atoms with E-state index in [2.05, 4.69) is 9.97 Å². The number of anilines is 1. The first-order chi connectivity index (χ1) is 16.5. The first-order valence-electron chi connectivity index (χ1n) is 10.3. The van der Waals surface area contributed by atoms with Crippen LogP contribution in [0, 0.1) is 0 Å². The number of hydrogen-bond acceptors (Lipinski definition) is 8. The van der Waals surface area contributed by atoms with Crippen LogP contribution in [-0.4, -0.2) is 41.0 Å². The Labute approximate surface area is 198 Å². The number of amides is 1. The lowest BCUT2D eigenvalue weighted by Gasteiger charge is -2.23. The number of Topliss-reactive ketones (excluding diaryl/α,β-unsaturated/α-hetero) is 1. The van der Waals surface area contributed by atoms with E-state index in [0.29, 0.717) is 33.3 Å². The van der Waals surface area contributed by atoms with Crippen molar-refractivity contribution < 1.29 is 24.2 Å². The molecule has 0 saturated carbocycles. The van der Waals surface area contributed by atoms with Gasteiger partial charge in [-0.25, -0.2) is 4.98 Å². The molecule has 34 heavy (non-hydrogen) atoms. The predicted octanol–water partition coefficient (Wildman–Crippen LogP) is 4.33. The van der Waals surface area contributed by atoms with Crippen LogP contribution in [0.15, 0.2) is 72.6 Å². The highest BCUT2D eigenvalue weighted by atomic mass is 32.1. The number of hydrogen-bond donors (Lipinski definition) is 1. The number of ether oxygens (including phenoxy) is 2. The first-order valence-corrected chi connectivity index (χ1v) is 11.1. The second-order valence-corrected chi connectivity index (χ2v) is 8.52. The van der Waals surface area contributed by atoms with Gasteiger partial charge in [-0.2, -0.15) is 0 Å². The van der Waals surface area contributed by atoms with Gasteiger partial charge in [0.2, 0.25) is 0 Å². The minimum Gasteiger partial charge on any atom is -0.507 e. The molecule has 8 nitrogen and oxygen atoms in total. The number of benzene rings is 2. The van der Waals surface area contributed by atoms with Crippen molar-refractivity contribution in [3.63, 3.8) is 0 Å². The molecule has 0 bridgehead atoms. The highest BCUT2D eigenvalue weighted by Gasteiger charge is 2.48. The van der Waals surface area contributed by atoms with Crippen molar-refractivity contribution in [1.82, 2.24) is 9.97 Å². The summed E-state index contributed by atoms with van der Waals surface area (Å²) in [4.78, 5) is 36.4. The smallest absolute Gasteiger partial charge is 0.301 e. The van der Waals surface area contributed by atoms with Gasteiger partial charge in [-0.05, 0) is 48.0 Å². The number of rotatable bonds is 5. The zero-order valence-electron chi connectivity index (χ0n) is 18.3. The molecule has 1 aliphatic heterocycles. The van der Waals surface area contributed by atoms with Gasteiger partial charge in [0, 0.05) is 18.0 Å². The standard InChI is InChI=1S/C25H19N3O5S/c1-32-16-5-3-14(4-6-16)21-20(22(29)15-9-11-26-12-10-15)23(30)24(31)28(21)25-27-18-8-7-17(33-2)13-19(18)34-25/h3-13,21,29H,1-2H3/b22-20+. The topological polar surface area (TPSA) is 102 Å². The van der Waals surface area contributed by atoms with Gasteiger partial charge in [0.1, 0.15) is 17.3 Å². The molecule has 0 aliphatic carbocycles. The maximum atomic E-state index is 13.3. The molecule has 0 spiro atoms. The van der Waals surface area contributed by atoms with Gasteiger partial charge in [0.05, 0.1) is 36.1 Å². The Morgan fingerprint density at radius 3 is 2.32 bits per heavy atom. The second-order valence-electron chi connectivity index (χ2n) is 7.51. The van der Waals surface area contributed by atoms with Crippen LogP contribution in [0.4, 0.5) is 5.13 Å². The Hall–Kier alpha value is -4.24. The lowest BCUT2D eigenvalue weighted by molar-refractivity contribution is -0.132. The molecule has 2 aromatic carbocycles. The highest BCUT2D eigenvalue weighted by Crippen LogP contribution is 2.44. The lowest BCUT2D eigenvalue weighted by Crippen LogP contribution is -2.29. The molecule has 1 unspecified atom stereocenters. The van der Waals surface area contributed by atoms with E-state index in [-0.39, 0.29) is 11.3 Å². The quantitative estimate of drug-likeness (QED) is 0.261. The van der Waals surface area contributed by atoms with Crippen LogP contribution >= 0.6 is 11.3 Å². The monoisotopic (exact) mass is 473 g/mol. The highest BCUT2D eigenvalue weighted by molar-refractivity contribution is 7.22. The van der Waals surface area contributed by atoms with E-state index in [9.17, 15) is 14.7 Å². The average Bonchev–Trinajstić information content (AvgIpc) is 3.41. The lowest BCUT2D eigenvalue weighted by atomic mass is 9.95. The molecule has 170 valence electrons. The molecule has 1 amide bonds. The first kappa shape index (κ1) is 21.6. The van der Waals surface area contributed by atoms with Crippen LogP contribution in [0.25, 0.3) is 16.0 Å². The number of aliphatic hydroxyl groups excluding tert-OH is 1. The Bertz CT molecular complexity index is 1430. The third kappa shape index (κ3) is 3.56. The number of ketones is 1. The van der Waals surface area contributed by atoms with Crippen LogP contribution in [0.5, 0.6) is 11.5 Å². The summed E-state index contributed by atoms with van der Waals surface area (Å²) in [5.74, 6) is -0.530. The summed E-state index contributed by atoms with van der Waals surface area (Å²) in [6.45, 7) is 0. The fourth-order valence-corrected chi connectivity index (χ4v) is 4.94. The molecular weight excluding hydrogens is 454 g/mol. The van der Waals surface area contributed by atoms with Gasteiger partial charge < -0.3 is 14.6 Å². The minimum absolute atomic E-state index is 0.0156. The fourth-order valence-electron chi connectivity index (χ4n) is 3.92. The van der Waals surface area contributed by atoms with E-state index in [1.807, 2.05) is 6.07 Å². The van der Waals surface area contributed by atoms with Crippen molar-refractivity contribution in [3.05, 3.63) is 83.7 Å². The third-order valence-electron chi connectivity index (χ3n) is 5.62. The van der Waals surface area contributed by atoms with Crippen LogP contribution in [-0.2, 0) is 9.59 Å². The maximum absolute atomic E-state index is 13.3. The number of aliphatic hydroxyl groups is 1. The molecule has 0 radical (unpaired) electrons. The zero-order valence-corrected chi connectivity index (χ0v) is 19.1. The molecule has 1 N–H and O–H groups in total. The molecular formula is C25H19N3O5S. The van der Waals surface area contributed by atoms with Gasteiger partial charge in [-0.1, -0.05) is 23.5 Å². The third-order valence-corrected chi connectivity index (χ3v) is 6.64. The minimum atomic E-state index is -0.874. The Morgan fingerprint density at radius 1 is 0.971 bits per heavy atom. The van der Waals surface area contributed by atoms with Crippen LogP contribution < -0.4 is 14.4 Å². The van der Waals surface area contributed by atoms with E-state index in [4.69, 9.17) is 9.47 Å². The van der Waals surface area contributed by atoms with E-state index in [1.165, 1.54) is 28.6 Å². The summed E-state index contributed by atoms with van der Waals surface area (Å²) in [7, 11) is 3.13. The number of thiazole rings is 1. The average molecular weight is 474 g/mol. The van der Waals surface area contributed by atoms with Crippen molar-refractivity contribution in [2.75, 3.05) is 19.1 Å². The van der Waals surface area contributed by atoms with E-state index in [1.54, 1.807) is 62.8 Å². The van der Waals surface area contributed by atoms with E-state index < -0.39 is 17.7 Å². The van der Waals surface area contributed by atoms with Gasteiger partial charge in [0.15, 0.2) is 5.13 Å². The van der Waals surface area contributed by atoms with Crippen molar-refractivity contribution in [2.24, 2.45) is 0 Å². The number of aromatic nitrogens is 2. The molecule has 1 atom stereocenters. The molecule has 1 fully saturated rings. The summed E-state index contributed by atoms with van der Waals surface area (Å²) in [6, 6.07) is 14.7. The molecule has 9 heteroatoms. The van der Waals surface area contributed by atoms with Gasteiger partial charge in [-0.3, -0.25) is 19.5 Å². The number of carbonyl (C=O) groups is 2. The summed E-state index contributed by atoms with van der Waals surface area (Å²) in [5.41, 5.74) is 1.68. The Kier molecular flexibility index (Phi) is 5.46. The second kappa shape index (κ2) is 8.60.